The number of nitrogens with zero attached hydrogens (tertiary/aromatic N) is 3. The average molecular weight is 353 g/mol. The lowest BCUT2D eigenvalue weighted by Gasteiger charge is -2.10. The van der Waals surface area contributed by atoms with E-state index in [-0.39, 0.29) is 5.91 Å². The zero-order chi connectivity index (χ0) is 16.8. The zero-order valence-corrected chi connectivity index (χ0v) is 15.3. The van der Waals surface area contributed by atoms with Gasteiger partial charge >= 0.3 is 0 Å². The van der Waals surface area contributed by atoms with Crippen LogP contribution in [-0.4, -0.2) is 45.7 Å². The normalized spacial score (nSPS) is 21.5. The SMILES string of the molecule is Cn1c(CCNC(=O)CC2CCCC2)nnc1SC[C@H]1CCCO1. The Morgan fingerprint density at radius 2 is 2.12 bits per heavy atom. The summed E-state index contributed by atoms with van der Waals surface area (Å²) in [6, 6.07) is 0. The van der Waals surface area contributed by atoms with Gasteiger partial charge in [-0.2, -0.15) is 0 Å². The molecule has 1 aliphatic carbocycles. The summed E-state index contributed by atoms with van der Waals surface area (Å²) in [5.74, 6) is 2.63. The number of amides is 1. The van der Waals surface area contributed by atoms with Crippen LogP contribution < -0.4 is 5.32 Å². The number of hydrogen-bond donors (Lipinski definition) is 1. The van der Waals surface area contributed by atoms with E-state index in [0.717, 1.165) is 42.6 Å². The minimum Gasteiger partial charge on any atom is -0.377 e. The molecule has 1 N–H and O–H groups in total. The van der Waals surface area contributed by atoms with Gasteiger partial charge in [0.05, 0.1) is 6.10 Å². The molecule has 2 fully saturated rings. The first kappa shape index (κ1) is 17.7. The summed E-state index contributed by atoms with van der Waals surface area (Å²) in [6.45, 7) is 1.52. The molecule has 1 aromatic heterocycles. The second-order valence-electron chi connectivity index (χ2n) is 6.86. The van der Waals surface area contributed by atoms with Crippen LogP contribution in [0.2, 0.25) is 0 Å². The standard InChI is InChI=1S/C17H28N4O2S/c1-21-15(8-9-18-16(22)11-13-5-2-3-6-13)19-20-17(21)24-12-14-7-4-10-23-14/h13-14H,2-12H2,1H3,(H,18,22)/t14-/m1/s1. The Bertz CT molecular complexity index is 537. The van der Waals surface area contributed by atoms with Gasteiger partial charge < -0.3 is 14.6 Å². The van der Waals surface area contributed by atoms with Crippen molar-refractivity contribution in [2.24, 2.45) is 13.0 Å². The fourth-order valence-electron chi connectivity index (χ4n) is 3.49. The third kappa shape index (κ3) is 4.96. The number of thioether (sulfide) groups is 1. The first-order chi connectivity index (χ1) is 11.7. The molecule has 1 amide bonds. The molecular formula is C17H28N4O2S. The van der Waals surface area contributed by atoms with Crippen LogP contribution in [-0.2, 0) is 23.0 Å². The molecule has 3 rings (SSSR count). The Morgan fingerprint density at radius 1 is 1.29 bits per heavy atom. The van der Waals surface area contributed by atoms with Gasteiger partial charge in [-0.25, -0.2) is 0 Å². The van der Waals surface area contributed by atoms with Crippen LogP contribution in [0.25, 0.3) is 0 Å². The number of ether oxygens (including phenoxy) is 1. The molecule has 0 unspecified atom stereocenters. The van der Waals surface area contributed by atoms with Crippen molar-refractivity contribution in [3.63, 3.8) is 0 Å². The number of rotatable bonds is 8. The number of nitrogens with one attached hydrogen (secondary N) is 1. The van der Waals surface area contributed by atoms with Gasteiger partial charge in [0, 0.05) is 38.8 Å². The number of aromatic nitrogens is 3. The van der Waals surface area contributed by atoms with Crippen LogP contribution in [0.5, 0.6) is 0 Å². The first-order valence-electron chi connectivity index (χ1n) is 9.11. The van der Waals surface area contributed by atoms with E-state index in [4.69, 9.17) is 4.74 Å². The minimum absolute atomic E-state index is 0.178. The molecule has 2 heterocycles. The Kier molecular flexibility index (Phi) is 6.54. The van der Waals surface area contributed by atoms with E-state index >= 15 is 0 Å². The summed E-state index contributed by atoms with van der Waals surface area (Å²) >= 11 is 1.70. The van der Waals surface area contributed by atoms with Crippen molar-refractivity contribution in [3.05, 3.63) is 5.82 Å². The van der Waals surface area contributed by atoms with Crippen LogP contribution >= 0.6 is 11.8 Å². The van der Waals surface area contributed by atoms with Crippen molar-refractivity contribution < 1.29 is 9.53 Å². The van der Waals surface area contributed by atoms with Crippen molar-refractivity contribution >= 4 is 17.7 Å². The lowest BCUT2D eigenvalue weighted by molar-refractivity contribution is -0.121. The molecule has 0 radical (unpaired) electrons. The molecule has 134 valence electrons. The lowest BCUT2D eigenvalue weighted by Crippen LogP contribution is -2.27. The van der Waals surface area contributed by atoms with Crippen LogP contribution in [0.3, 0.4) is 0 Å². The first-order valence-corrected chi connectivity index (χ1v) is 10.1. The van der Waals surface area contributed by atoms with E-state index in [2.05, 4.69) is 15.5 Å². The van der Waals surface area contributed by atoms with E-state index in [9.17, 15) is 4.79 Å². The van der Waals surface area contributed by atoms with Gasteiger partial charge in [-0.3, -0.25) is 4.79 Å². The molecule has 0 spiro atoms. The quantitative estimate of drug-likeness (QED) is 0.727. The molecule has 0 bridgehead atoms. The second-order valence-corrected chi connectivity index (χ2v) is 7.85. The summed E-state index contributed by atoms with van der Waals surface area (Å²) in [4.78, 5) is 12.0. The van der Waals surface area contributed by atoms with Crippen LogP contribution in [0.1, 0.15) is 50.8 Å². The van der Waals surface area contributed by atoms with Crippen LogP contribution in [0, 0.1) is 5.92 Å². The van der Waals surface area contributed by atoms with Crippen molar-refractivity contribution in [1.29, 1.82) is 0 Å². The molecule has 7 heteroatoms. The average Bonchev–Trinajstić information content (AvgIpc) is 3.30. The summed E-state index contributed by atoms with van der Waals surface area (Å²) < 4.78 is 7.67. The molecule has 1 aliphatic heterocycles. The lowest BCUT2D eigenvalue weighted by atomic mass is 10.0. The molecule has 6 nitrogen and oxygen atoms in total. The Balaban J connectivity index is 1.38. The smallest absolute Gasteiger partial charge is 0.220 e. The molecular weight excluding hydrogens is 324 g/mol. The van der Waals surface area contributed by atoms with Gasteiger partial charge in [0.15, 0.2) is 5.16 Å². The second kappa shape index (κ2) is 8.85. The maximum atomic E-state index is 12.0. The third-order valence-electron chi connectivity index (χ3n) is 4.97. The van der Waals surface area contributed by atoms with Crippen molar-refractivity contribution in [2.45, 2.75) is 62.6 Å². The van der Waals surface area contributed by atoms with Crippen molar-refractivity contribution in [3.8, 4) is 0 Å². The van der Waals surface area contributed by atoms with E-state index in [0.29, 0.717) is 25.0 Å². The Hall–Kier alpha value is -1.08. The highest BCUT2D eigenvalue weighted by Gasteiger charge is 2.19. The zero-order valence-electron chi connectivity index (χ0n) is 14.5. The predicted molar refractivity (Wildman–Crippen MR) is 94.0 cm³/mol. The highest BCUT2D eigenvalue weighted by molar-refractivity contribution is 7.99. The third-order valence-corrected chi connectivity index (χ3v) is 6.12. The molecule has 1 aromatic rings. The highest BCUT2D eigenvalue weighted by atomic mass is 32.2. The fourth-order valence-corrected chi connectivity index (χ4v) is 4.49. The maximum absolute atomic E-state index is 12.0. The van der Waals surface area contributed by atoms with Crippen LogP contribution in [0.4, 0.5) is 0 Å². The minimum atomic E-state index is 0.178. The monoisotopic (exact) mass is 352 g/mol. The molecule has 24 heavy (non-hydrogen) atoms. The molecule has 1 saturated heterocycles. The predicted octanol–water partition coefficient (Wildman–Crippen LogP) is 2.33. The maximum Gasteiger partial charge on any atom is 0.220 e. The van der Waals surface area contributed by atoms with E-state index < -0.39 is 0 Å². The van der Waals surface area contributed by atoms with Crippen molar-refractivity contribution in [2.75, 3.05) is 18.9 Å². The van der Waals surface area contributed by atoms with Gasteiger partial charge in [-0.05, 0) is 31.6 Å². The summed E-state index contributed by atoms with van der Waals surface area (Å²) in [5.41, 5.74) is 0. The Morgan fingerprint density at radius 3 is 2.88 bits per heavy atom. The molecule has 1 saturated carbocycles. The Labute approximate surface area is 148 Å². The van der Waals surface area contributed by atoms with Gasteiger partial charge in [0.1, 0.15) is 5.82 Å². The molecule has 1 atom stereocenters. The number of carbonyl (C=O) groups is 1. The van der Waals surface area contributed by atoms with E-state index in [1.165, 1.54) is 25.7 Å². The topological polar surface area (TPSA) is 69.0 Å². The summed E-state index contributed by atoms with van der Waals surface area (Å²) in [5, 5.41) is 12.5. The largest absolute Gasteiger partial charge is 0.377 e. The number of hydrogen-bond acceptors (Lipinski definition) is 5. The molecule has 0 aromatic carbocycles. The number of carbonyl (C=O) groups excluding carboxylic acids is 1. The molecule has 2 aliphatic rings. The van der Waals surface area contributed by atoms with Gasteiger partial charge in [-0.1, -0.05) is 24.6 Å². The fraction of sp³-hybridized carbons (Fsp3) is 0.824. The summed E-state index contributed by atoms with van der Waals surface area (Å²) in [6.07, 6.45) is 9.05. The van der Waals surface area contributed by atoms with E-state index in [1.807, 2.05) is 11.6 Å². The van der Waals surface area contributed by atoms with E-state index in [1.54, 1.807) is 11.8 Å². The van der Waals surface area contributed by atoms with Gasteiger partial charge in [0.2, 0.25) is 5.91 Å². The van der Waals surface area contributed by atoms with Gasteiger partial charge in [0.25, 0.3) is 0 Å². The summed E-state index contributed by atoms with van der Waals surface area (Å²) in [7, 11) is 1.99. The van der Waals surface area contributed by atoms with Gasteiger partial charge in [-0.15, -0.1) is 10.2 Å². The van der Waals surface area contributed by atoms with Crippen molar-refractivity contribution in [1.82, 2.24) is 20.1 Å². The van der Waals surface area contributed by atoms with Crippen LogP contribution in [0.15, 0.2) is 5.16 Å². The highest BCUT2D eigenvalue weighted by Crippen LogP contribution is 2.27.